The van der Waals surface area contributed by atoms with E-state index >= 15 is 0 Å². The number of aromatic hydroxyl groups is 1. The van der Waals surface area contributed by atoms with E-state index in [0.29, 0.717) is 17.9 Å². The van der Waals surface area contributed by atoms with Gasteiger partial charge in [0.1, 0.15) is 11.5 Å². The number of aliphatic imine (C=N–C) groups is 1. The molecule has 23 heavy (non-hydrogen) atoms. The first-order valence-electron chi connectivity index (χ1n) is 7.40. The van der Waals surface area contributed by atoms with Crippen LogP contribution in [0.2, 0.25) is 0 Å². The first kappa shape index (κ1) is 16.5. The average molecular weight is 312 g/mol. The van der Waals surface area contributed by atoms with E-state index in [4.69, 9.17) is 4.74 Å². The van der Waals surface area contributed by atoms with Crippen molar-refractivity contribution in [2.45, 2.75) is 20.8 Å². The number of rotatable bonds is 4. The number of phenolic OH excluding ortho intramolecular Hbond substituents is 1. The van der Waals surface area contributed by atoms with E-state index < -0.39 is 6.09 Å². The van der Waals surface area contributed by atoms with Crippen molar-refractivity contribution in [1.29, 1.82) is 0 Å². The maximum Gasteiger partial charge on any atom is 0.412 e. The van der Waals surface area contributed by atoms with Crippen molar-refractivity contribution in [3.63, 3.8) is 0 Å². The topological polar surface area (TPSA) is 70.9 Å². The van der Waals surface area contributed by atoms with Crippen molar-refractivity contribution < 1.29 is 14.6 Å². The van der Waals surface area contributed by atoms with Crippen molar-refractivity contribution in [2.24, 2.45) is 4.99 Å². The van der Waals surface area contributed by atoms with Gasteiger partial charge < -0.3 is 15.2 Å². The van der Waals surface area contributed by atoms with Gasteiger partial charge in [0.2, 0.25) is 0 Å². The van der Waals surface area contributed by atoms with Crippen LogP contribution in [-0.2, 0) is 0 Å². The molecule has 5 heteroatoms. The van der Waals surface area contributed by atoms with E-state index in [1.54, 1.807) is 30.5 Å². The summed E-state index contributed by atoms with van der Waals surface area (Å²) in [5.41, 5.74) is 3.09. The number of carbonyl (C=O) groups is 1. The highest BCUT2D eigenvalue weighted by atomic mass is 16.6. The standard InChI is InChI=1S/C18H20N2O3/c1-4-19-18(22)23-17-10-12(2)15(9-13(17)3)20-11-14-7-5-6-8-16(14)21/h5-11,21H,4H2,1-3H3,(H,19,22). The third-order valence-electron chi connectivity index (χ3n) is 3.30. The minimum Gasteiger partial charge on any atom is -0.507 e. The molecule has 0 fully saturated rings. The lowest BCUT2D eigenvalue weighted by Gasteiger charge is -2.10. The summed E-state index contributed by atoms with van der Waals surface area (Å²) in [6, 6.07) is 10.6. The van der Waals surface area contributed by atoms with Gasteiger partial charge in [-0.1, -0.05) is 12.1 Å². The van der Waals surface area contributed by atoms with Gasteiger partial charge in [0, 0.05) is 18.3 Å². The lowest BCUT2D eigenvalue weighted by Crippen LogP contribution is -2.26. The average Bonchev–Trinajstić information content (AvgIpc) is 2.51. The van der Waals surface area contributed by atoms with Crippen molar-refractivity contribution >= 4 is 18.0 Å². The van der Waals surface area contributed by atoms with Crippen LogP contribution in [0.3, 0.4) is 0 Å². The summed E-state index contributed by atoms with van der Waals surface area (Å²) in [6.45, 7) is 6.09. The highest BCUT2D eigenvalue weighted by Crippen LogP contribution is 2.28. The van der Waals surface area contributed by atoms with Crippen LogP contribution in [0, 0.1) is 13.8 Å². The van der Waals surface area contributed by atoms with Gasteiger partial charge in [-0.3, -0.25) is 4.99 Å². The zero-order chi connectivity index (χ0) is 16.8. The number of hydrogen-bond acceptors (Lipinski definition) is 4. The molecule has 5 nitrogen and oxygen atoms in total. The number of amides is 1. The van der Waals surface area contributed by atoms with Crippen molar-refractivity contribution in [2.75, 3.05) is 6.54 Å². The molecule has 2 aromatic rings. The first-order chi connectivity index (χ1) is 11.0. The second-order valence-corrected chi connectivity index (χ2v) is 5.14. The fraction of sp³-hybridized carbons (Fsp3) is 0.222. The molecular formula is C18H20N2O3. The third kappa shape index (κ3) is 4.32. The largest absolute Gasteiger partial charge is 0.507 e. The SMILES string of the molecule is CCNC(=O)Oc1cc(C)c(N=Cc2ccccc2O)cc1C. The molecule has 0 heterocycles. The van der Waals surface area contributed by atoms with Crippen LogP contribution in [0.1, 0.15) is 23.6 Å². The molecule has 1 amide bonds. The third-order valence-corrected chi connectivity index (χ3v) is 3.30. The van der Waals surface area contributed by atoms with Gasteiger partial charge in [0.15, 0.2) is 0 Å². The molecule has 0 saturated carbocycles. The van der Waals surface area contributed by atoms with Gasteiger partial charge in [-0.2, -0.15) is 0 Å². The quantitative estimate of drug-likeness (QED) is 0.842. The zero-order valence-corrected chi connectivity index (χ0v) is 13.5. The zero-order valence-electron chi connectivity index (χ0n) is 13.5. The van der Waals surface area contributed by atoms with E-state index in [2.05, 4.69) is 10.3 Å². The molecular weight excluding hydrogens is 292 g/mol. The second-order valence-electron chi connectivity index (χ2n) is 5.14. The van der Waals surface area contributed by atoms with Gasteiger partial charge in [0.25, 0.3) is 0 Å². The van der Waals surface area contributed by atoms with E-state index in [1.165, 1.54) is 0 Å². The minimum absolute atomic E-state index is 0.182. The Labute approximate surface area is 135 Å². The normalized spacial score (nSPS) is 10.7. The molecule has 0 spiro atoms. The summed E-state index contributed by atoms with van der Waals surface area (Å²) >= 11 is 0. The van der Waals surface area contributed by atoms with Crippen molar-refractivity contribution in [1.82, 2.24) is 5.32 Å². The van der Waals surface area contributed by atoms with Crippen LogP contribution in [0.4, 0.5) is 10.5 Å². The molecule has 0 aliphatic heterocycles. The van der Waals surface area contributed by atoms with E-state index in [0.717, 1.165) is 16.8 Å². The predicted molar refractivity (Wildman–Crippen MR) is 91.0 cm³/mol. The number of nitrogens with one attached hydrogen (secondary N) is 1. The van der Waals surface area contributed by atoms with E-state index in [1.807, 2.05) is 32.9 Å². The number of ether oxygens (including phenoxy) is 1. The van der Waals surface area contributed by atoms with Crippen molar-refractivity contribution in [3.8, 4) is 11.5 Å². The number of carbonyl (C=O) groups excluding carboxylic acids is 1. The Morgan fingerprint density at radius 2 is 2.00 bits per heavy atom. The number of para-hydroxylation sites is 1. The smallest absolute Gasteiger partial charge is 0.412 e. The van der Waals surface area contributed by atoms with Gasteiger partial charge in [0.05, 0.1) is 5.69 Å². The summed E-state index contributed by atoms with van der Waals surface area (Å²) in [6.07, 6.45) is 1.14. The fourth-order valence-corrected chi connectivity index (χ4v) is 2.04. The number of hydrogen-bond donors (Lipinski definition) is 2. The Balaban J connectivity index is 2.23. The molecule has 0 bridgehead atoms. The minimum atomic E-state index is -0.472. The predicted octanol–water partition coefficient (Wildman–Crippen LogP) is 3.87. The monoisotopic (exact) mass is 312 g/mol. The summed E-state index contributed by atoms with van der Waals surface area (Å²) < 4.78 is 5.26. The van der Waals surface area contributed by atoms with Gasteiger partial charge in [-0.25, -0.2) is 4.79 Å². The Morgan fingerprint density at radius 1 is 1.26 bits per heavy atom. The Hall–Kier alpha value is -2.82. The van der Waals surface area contributed by atoms with Crippen LogP contribution >= 0.6 is 0 Å². The van der Waals surface area contributed by atoms with Gasteiger partial charge >= 0.3 is 6.09 Å². The van der Waals surface area contributed by atoms with Crippen LogP contribution in [0.5, 0.6) is 11.5 Å². The van der Waals surface area contributed by atoms with Gasteiger partial charge in [-0.05, 0) is 56.2 Å². The lowest BCUT2D eigenvalue weighted by atomic mass is 10.1. The summed E-state index contributed by atoms with van der Waals surface area (Å²) in [5.74, 6) is 0.691. The first-order valence-corrected chi connectivity index (χ1v) is 7.40. The Morgan fingerprint density at radius 3 is 2.70 bits per heavy atom. The molecule has 0 aliphatic carbocycles. The molecule has 2 aromatic carbocycles. The second kappa shape index (κ2) is 7.45. The fourth-order valence-electron chi connectivity index (χ4n) is 2.04. The van der Waals surface area contributed by atoms with Crippen LogP contribution in [0.25, 0.3) is 0 Å². The molecule has 120 valence electrons. The number of aryl methyl sites for hydroxylation is 2. The Bertz CT molecular complexity index is 739. The maximum absolute atomic E-state index is 11.5. The van der Waals surface area contributed by atoms with E-state index in [9.17, 15) is 9.90 Å². The molecule has 0 saturated heterocycles. The van der Waals surface area contributed by atoms with Crippen LogP contribution < -0.4 is 10.1 Å². The number of nitrogens with zero attached hydrogens (tertiary/aromatic N) is 1. The molecule has 2 rings (SSSR count). The molecule has 0 aromatic heterocycles. The number of phenols is 1. The summed E-state index contributed by atoms with van der Waals surface area (Å²) in [7, 11) is 0. The van der Waals surface area contributed by atoms with Crippen LogP contribution in [-0.4, -0.2) is 24.0 Å². The molecule has 2 N–H and O–H groups in total. The highest BCUT2D eigenvalue weighted by Gasteiger charge is 2.09. The van der Waals surface area contributed by atoms with Crippen molar-refractivity contribution in [3.05, 3.63) is 53.1 Å². The summed E-state index contributed by atoms with van der Waals surface area (Å²) in [4.78, 5) is 15.9. The Kier molecular flexibility index (Phi) is 5.36. The molecule has 0 unspecified atom stereocenters. The molecule has 0 aliphatic rings. The van der Waals surface area contributed by atoms with E-state index in [-0.39, 0.29) is 5.75 Å². The summed E-state index contributed by atoms with van der Waals surface area (Å²) in [5, 5.41) is 12.3. The molecule has 0 radical (unpaired) electrons. The van der Waals surface area contributed by atoms with Gasteiger partial charge in [-0.15, -0.1) is 0 Å². The lowest BCUT2D eigenvalue weighted by molar-refractivity contribution is 0.201. The highest BCUT2D eigenvalue weighted by molar-refractivity contribution is 5.85. The number of benzene rings is 2. The molecule has 0 atom stereocenters. The maximum atomic E-state index is 11.5. The van der Waals surface area contributed by atoms with Crippen LogP contribution in [0.15, 0.2) is 41.4 Å².